The van der Waals surface area contributed by atoms with Gasteiger partial charge in [-0.05, 0) is 34.7 Å². The number of tetrazole rings is 1. The lowest BCUT2D eigenvalue weighted by atomic mass is 10.2. The number of ether oxygens (including phenoxy) is 1. The van der Waals surface area contributed by atoms with Gasteiger partial charge in [-0.2, -0.15) is 0 Å². The molecule has 0 spiro atoms. The maximum Gasteiger partial charge on any atom is 0.236 e. The molecule has 0 radical (unpaired) electrons. The minimum Gasteiger partial charge on any atom is -0.444 e. The average molecular weight is 349 g/mol. The first kappa shape index (κ1) is 14.9. The Hall–Kier alpha value is -1.71. The van der Waals surface area contributed by atoms with E-state index < -0.39 is 0 Å². The van der Waals surface area contributed by atoms with Gasteiger partial charge in [0.2, 0.25) is 11.0 Å². The number of thiophene rings is 1. The summed E-state index contributed by atoms with van der Waals surface area (Å²) in [6.45, 7) is 1.54. The number of oxazole rings is 1. The molecule has 3 aromatic rings. The van der Waals surface area contributed by atoms with Gasteiger partial charge in [0.15, 0.2) is 0 Å². The second-order valence-electron chi connectivity index (χ2n) is 5.19. The third-order valence-electron chi connectivity index (χ3n) is 3.53. The normalized spacial score (nSPS) is 17.8. The minimum absolute atomic E-state index is 0.218. The SMILES string of the molecule is c1csc(-c2nc(CSc3nnnn3CC3CCCO3)co2)c1. The smallest absolute Gasteiger partial charge is 0.236 e. The molecule has 4 heterocycles. The lowest BCUT2D eigenvalue weighted by molar-refractivity contribution is 0.0912. The molecule has 1 aliphatic heterocycles. The van der Waals surface area contributed by atoms with Crippen molar-refractivity contribution in [3.05, 3.63) is 29.5 Å². The van der Waals surface area contributed by atoms with E-state index in [-0.39, 0.29) is 6.10 Å². The summed E-state index contributed by atoms with van der Waals surface area (Å²) >= 11 is 3.16. The fourth-order valence-electron chi connectivity index (χ4n) is 2.42. The Morgan fingerprint density at radius 2 is 2.43 bits per heavy atom. The Kier molecular flexibility index (Phi) is 4.40. The molecule has 1 atom stereocenters. The van der Waals surface area contributed by atoms with Gasteiger partial charge in [0.05, 0.1) is 23.2 Å². The van der Waals surface area contributed by atoms with Gasteiger partial charge in [-0.1, -0.05) is 17.8 Å². The zero-order valence-electron chi connectivity index (χ0n) is 12.3. The zero-order valence-corrected chi connectivity index (χ0v) is 13.9. The number of hydrogen-bond donors (Lipinski definition) is 0. The van der Waals surface area contributed by atoms with E-state index in [0.29, 0.717) is 18.2 Å². The summed E-state index contributed by atoms with van der Waals surface area (Å²) < 4.78 is 13.0. The van der Waals surface area contributed by atoms with Crippen LogP contribution in [0.4, 0.5) is 0 Å². The highest BCUT2D eigenvalue weighted by atomic mass is 32.2. The number of nitrogens with zero attached hydrogens (tertiary/aromatic N) is 5. The molecule has 0 amide bonds. The molecule has 4 rings (SSSR count). The largest absolute Gasteiger partial charge is 0.444 e. The summed E-state index contributed by atoms with van der Waals surface area (Å²) in [5.41, 5.74) is 0.880. The molecule has 0 aromatic carbocycles. The Balaban J connectivity index is 1.38. The fourth-order valence-corrected chi connectivity index (χ4v) is 3.84. The lowest BCUT2D eigenvalue weighted by Crippen LogP contribution is -2.16. The first-order valence-electron chi connectivity index (χ1n) is 7.37. The van der Waals surface area contributed by atoms with E-state index in [2.05, 4.69) is 20.5 Å². The van der Waals surface area contributed by atoms with Gasteiger partial charge in [0.25, 0.3) is 0 Å². The molecule has 0 aliphatic carbocycles. The summed E-state index contributed by atoms with van der Waals surface area (Å²) in [4.78, 5) is 5.54. The van der Waals surface area contributed by atoms with E-state index >= 15 is 0 Å². The van der Waals surface area contributed by atoms with Crippen molar-refractivity contribution in [2.75, 3.05) is 6.61 Å². The van der Waals surface area contributed by atoms with E-state index in [9.17, 15) is 0 Å². The molecule has 1 saturated heterocycles. The number of hydrogen-bond acceptors (Lipinski definition) is 8. The molecule has 1 aliphatic rings. The van der Waals surface area contributed by atoms with Crippen LogP contribution in [-0.2, 0) is 17.0 Å². The molecule has 23 heavy (non-hydrogen) atoms. The minimum atomic E-state index is 0.218. The van der Waals surface area contributed by atoms with Crippen LogP contribution in [0.3, 0.4) is 0 Å². The van der Waals surface area contributed by atoms with Crippen LogP contribution in [0, 0.1) is 0 Å². The highest BCUT2D eigenvalue weighted by Gasteiger charge is 2.19. The van der Waals surface area contributed by atoms with Crippen molar-refractivity contribution in [1.82, 2.24) is 25.2 Å². The van der Waals surface area contributed by atoms with E-state index in [1.54, 1.807) is 34.0 Å². The Bertz CT molecular complexity index is 749. The van der Waals surface area contributed by atoms with Crippen molar-refractivity contribution in [2.45, 2.75) is 36.4 Å². The third-order valence-corrected chi connectivity index (χ3v) is 5.38. The van der Waals surface area contributed by atoms with Gasteiger partial charge < -0.3 is 9.15 Å². The predicted molar refractivity (Wildman–Crippen MR) is 86.2 cm³/mol. The predicted octanol–water partition coefficient (Wildman–Crippen LogP) is 2.86. The van der Waals surface area contributed by atoms with Gasteiger partial charge in [0.1, 0.15) is 6.26 Å². The van der Waals surface area contributed by atoms with Crippen LogP contribution >= 0.6 is 23.1 Å². The Morgan fingerprint density at radius 3 is 3.26 bits per heavy atom. The van der Waals surface area contributed by atoms with Crippen molar-refractivity contribution >= 4 is 23.1 Å². The van der Waals surface area contributed by atoms with Crippen molar-refractivity contribution in [1.29, 1.82) is 0 Å². The molecule has 0 bridgehead atoms. The zero-order chi connectivity index (χ0) is 15.5. The second kappa shape index (κ2) is 6.81. The van der Waals surface area contributed by atoms with Crippen LogP contribution in [0.5, 0.6) is 0 Å². The molecule has 0 N–H and O–H groups in total. The monoisotopic (exact) mass is 349 g/mol. The Labute approximate surface area is 141 Å². The highest BCUT2D eigenvalue weighted by Crippen LogP contribution is 2.26. The molecule has 0 saturated carbocycles. The van der Waals surface area contributed by atoms with E-state index in [1.165, 1.54) is 0 Å². The van der Waals surface area contributed by atoms with Crippen molar-refractivity contribution in [2.24, 2.45) is 0 Å². The number of rotatable bonds is 6. The van der Waals surface area contributed by atoms with Crippen LogP contribution in [0.1, 0.15) is 18.5 Å². The maximum atomic E-state index is 5.64. The molecule has 9 heteroatoms. The van der Waals surface area contributed by atoms with Crippen LogP contribution in [-0.4, -0.2) is 37.9 Å². The highest BCUT2D eigenvalue weighted by molar-refractivity contribution is 7.98. The van der Waals surface area contributed by atoms with Crippen LogP contribution in [0.15, 0.2) is 33.3 Å². The molecular formula is C14H15N5O2S2. The molecular weight excluding hydrogens is 334 g/mol. The lowest BCUT2D eigenvalue weighted by Gasteiger charge is -2.09. The summed E-state index contributed by atoms with van der Waals surface area (Å²) in [6, 6.07) is 3.98. The summed E-state index contributed by atoms with van der Waals surface area (Å²) in [6.07, 6.45) is 4.09. The first-order valence-corrected chi connectivity index (χ1v) is 9.24. The van der Waals surface area contributed by atoms with Gasteiger partial charge in [0, 0.05) is 12.4 Å². The van der Waals surface area contributed by atoms with Crippen LogP contribution in [0.2, 0.25) is 0 Å². The van der Waals surface area contributed by atoms with Crippen LogP contribution in [0.25, 0.3) is 10.8 Å². The fraction of sp³-hybridized carbons (Fsp3) is 0.429. The van der Waals surface area contributed by atoms with Gasteiger partial charge in [-0.3, -0.25) is 0 Å². The van der Waals surface area contributed by atoms with Gasteiger partial charge >= 0.3 is 0 Å². The standard InChI is InChI=1S/C14H15N5O2S2/c1-3-11(20-5-1)7-19-14(16-17-18-19)23-9-10-8-21-13(15-10)12-4-2-6-22-12/h2,4,6,8,11H,1,3,5,7,9H2. The molecule has 7 nitrogen and oxygen atoms in total. The molecule has 1 unspecified atom stereocenters. The summed E-state index contributed by atoms with van der Waals surface area (Å²) in [5, 5.41) is 14.7. The number of thioether (sulfide) groups is 1. The maximum absolute atomic E-state index is 5.64. The molecule has 1 fully saturated rings. The van der Waals surface area contributed by atoms with Crippen molar-refractivity contribution in [3.8, 4) is 10.8 Å². The van der Waals surface area contributed by atoms with Crippen molar-refractivity contribution in [3.63, 3.8) is 0 Å². The van der Waals surface area contributed by atoms with E-state index in [0.717, 1.165) is 35.2 Å². The molecule has 3 aromatic heterocycles. The third kappa shape index (κ3) is 3.46. The number of aromatic nitrogens is 5. The van der Waals surface area contributed by atoms with Gasteiger partial charge in [-0.25, -0.2) is 9.67 Å². The topological polar surface area (TPSA) is 78.9 Å². The van der Waals surface area contributed by atoms with E-state index in [1.807, 2.05) is 17.5 Å². The van der Waals surface area contributed by atoms with Crippen molar-refractivity contribution < 1.29 is 9.15 Å². The van der Waals surface area contributed by atoms with E-state index in [4.69, 9.17) is 9.15 Å². The first-order chi connectivity index (χ1) is 11.4. The second-order valence-corrected chi connectivity index (χ2v) is 7.08. The van der Waals surface area contributed by atoms with Crippen LogP contribution < -0.4 is 0 Å². The summed E-state index contributed by atoms with van der Waals surface area (Å²) in [5.74, 6) is 1.33. The van der Waals surface area contributed by atoms with Gasteiger partial charge in [-0.15, -0.1) is 16.4 Å². The Morgan fingerprint density at radius 1 is 1.43 bits per heavy atom. The average Bonchev–Trinajstić information content (AvgIpc) is 3.34. The summed E-state index contributed by atoms with van der Waals surface area (Å²) in [7, 11) is 0. The quantitative estimate of drug-likeness (QED) is 0.633. The molecule has 120 valence electrons.